The van der Waals surface area contributed by atoms with Gasteiger partial charge in [-0.05, 0) is 24.3 Å². The van der Waals surface area contributed by atoms with E-state index in [0.717, 1.165) is 18.8 Å². The number of pyridine rings is 1. The maximum atomic E-state index is 12.5. The van der Waals surface area contributed by atoms with Gasteiger partial charge in [-0.25, -0.2) is 0 Å². The van der Waals surface area contributed by atoms with Crippen LogP contribution in [-0.2, 0) is 22.6 Å². The van der Waals surface area contributed by atoms with Gasteiger partial charge in [-0.15, -0.1) is 0 Å². The van der Waals surface area contributed by atoms with E-state index in [0.29, 0.717) is 30.5 Å². The lowest BCUT2D eigenvalue weighted by atomic mass is 10.2. The van der Waals surface area contributed by atoms with E-state index in [1.807, 2.05) is 0 Å². The number of carbonyl (C=O) groups is 1. The van der Waals surface area contributed by atoms with Crippen molar-refractivity contribution in [1.29, 1.82) is 0 Å². The number of nitrogens with one attached hydrogen (secondary N) is 1. The molecule has 1 aromatic heterocycles. The number of hydrogen-bond donors (Lipinski definition) is 1. The lowest BCUT2D eigenvalue weighted by Gasteiger charge is -2.27. The highest BCUT2D eigenvalue weighted by atomic mass is 35.5. The minimum Gasteiger partial charge on any atom is -0.491 e. The van der Waals surface area contributed by atoms with Gasteiger partial charge in [0.15, 0.2) is 5.75 Å². The fourth-order valence-corrected chi connectivity index (χ4v) is 3.03. The molecule has 0 saturated carbocycles. The van der Waals surface area contributed by atoms with Crippen molar-refractivity contribution in [2.24, 2.45) is 0 Å². The first-order valence-corrected chi connectivity index (χ1v) is 9.06. The van der Waals surface area contributed by atoms with Crippen LogP contribution in [0.2, 0.25) is 5.02 Å². The van der Waals surface area contributed by atoms with Crippen LogP contribution in [0.15, 0.2) is 41.3 Å². The quantitative estimate of drug-likeness (QED) is 0.815. The molecule has 7 nitrogen and oxygen atoms in total. The van der Waals surface area contributed by atoms with Crippen LogP contribution < -0.4 is 15.5 Å². The summed E-state index contributed by atoms with van der Waals surface area (Å²) in [5.41, 5.74) is 1.22. The molecule has 0 unspecified atom stereocenters. The van der Waals surface area contributed by atoms with Gasteiger partial charge in [0.2, 0.25) is 11.3 Å². The predicted molar refractivity (Wildman–Crippen MR) is 103 cm³/mol. The van der Waals surface area contributed by atoms with E-state index >= 15 is 0 Å². The number of hydrogen-bond acceptors (Lipinski definition) is 5. The molecule has 0 bridgehead atoms. The highest BCUT2D eigenvalue weighted by molar-refractivity contribution is 6.30. The Morgan fingerprint density at radius 2 is 1.96 bits per heavy atom. The fraction of sp³-hybridized carbons (Fsp3) is 0.368. The first-order valence-electron chi connectivity index (χ1n) is 8.68. The summed E-state index contributed by atoms with van der Waals surface area (Å²) < 4.78 is 12.2. The molecule has 0 atom stereocenters. The van der Waals surface area contributed by atoms with E-state index in [4.69, 9.17) is 21.1 Å². The highest BCUT2D eigenvalue weighted by Crippen LogP contribution is 2.14. The molecule has 2 heterocycles. The largest absolute Gasteiger partial charge is 0.491 e. The Balaban J connectivity index is 1.77. The highest BCUT2D eigenvalue weighted by Gasteiger charge is 2.16. The second kappa shape index (κ2) is 9.03. The van der Waals surface area contributed by atoms with Gasteiger partial charge in [0.05, 0.1) is 26.5 Å². The summed E-state index contributed by atoms with van der Waals surface area (Å²) in [6.45, 7) is 3.54. The van der Waals surface area contributed by atoms with Crippen LogP contribution in [0, 0.1) is 0 Å². The number of amides is 1. The van der Waals surface area contributed by atoms with Crippen LogP contribution >= 0.6 is 11.6 Å². The number of morpholine rings is 1. The van der Waals surface area contributed by atoms with Gasteiger partial charge < -0.3 is 19.4 Å². The molecule has 0 aliphatic carbocycles. The summed E-state index contributed by atoms with van der Waals surface area (Å²) in [6.07, 6.45) is 1.58. The molecule has 0 radical (unpaired) electrons. The second-order valence-electron chi connectivity index (χ2n) is 6.27. The van der Waals surface area contributed by atoms with Crippen molar-refractivity contribution < 1.29 is 14.3 Å². The molecule has 1 aromatic carbocycles. The van der Waals surface area contributed by atoms with Gasteiger partial charge in [0, 0.05) is 42.1 Å². The monoisotopic (exact) mass is 391 g/mol. The Labute approximate surface area is 162 Å². The van der Waals surface area contributed by atoms with Gasteiger partial charge in [-0.2, -0.15) is 0 Å². The van der Waals surface area contributed by atoms with Gasteiger partial charge in [-0.1, -0.05) is 11.6 Å². The molecule has 1 amide bonds. The first-order chi connectivity index (χ1) is 13.0. The maximum absolute atomic E-state index is 12.5. The number of ether oxygens (including phenoxy) is 2. The van der Waals surface area contributed by atoms with Crippen molar-refractivity contribution >= 4 is 23.2 Å². The molecule has 1 N–H and O–H groups in total. The Bertz CT molecular complexity index is 845. The molecule has 8 heteroatoms. The van der Waals surface area contributed by atoms with Gasteiger partial charge in [0.25, 0.3) is 0 Å². The molecule has 3 rings (SSSR count). The molecule has 27 heavy (non-hydrogen) atoms. The number of aromatic nitrogens is 1. The van der Waals surface area contributed by atoms with Gasteiger partial charge in [0.1, 0.15) is 6.54 Å². The van der Waals surface area contributed by atoms with E-state index in [9.17, 15) is 9.59 Å². The van der Waals surface area contributed by atoms with E-state index in [1.54, 1.807) is 35.0 Å². The molecule has 1 fully saturated rings. The normalized spacial score (nSPS) is 14.7. The SMILES string of the molecule is COc1cn(CC(=O)Nc2ccc(Cl)cc2)c(CN2CCOCC2)cc1=O. The lowest BCUT2D eigenvalue weighted by Crippen LogP contribution is -2.37. The summed E-state index contributed by atoms with van der Waals surface area (Å²) in [6, 6.07) is 8.43. The number of halogens is 1. The summed E-state index contributed by atoms with van der Waals surface area (Å²) in [4.78, 5) is 26.9. The fourth-order valence-electron chi connectivity index (χ4n) is 2.91. The van der Waals surface area contributed by atoms with Crippen molar-refractivity contribution in [3.05, 3.63) is 57.5 Å². The molecular formula is C19H22ClN3O4. The Morgan fingerprint density at radius 1 is 1.26 bits per heavy atom. The smallest absolute Gasteiger partial charge is 0.244 e. The van der Waals surface area contributed by atoms with E-state index < -0.39 is 0 Å². The van der Waals surface area contributed by atoms with E-state index in [-0.39, 0.29) is 23.6 Å². The van der Waals surface area contributed by atoms with E-state index in [2.05, 4.69) is 10.2 Å². The second-order valence-corrected chi connectivity index (χ2v) is 6.71. The third-order valence-electron chi connectivity index (χ3n) is 4.33. The number of benzene rings is 1. The van der Waals surface area contributed by atoms with Crippen molar-refractivity contribution in [1.82, 2.24) is 9.47 Å². The first kappa shape index (κ1) is 19.4. The molecule has 144 valence electrons. The topological polar surface area (TPSA) is 72.8 Å². The summed E-state index contributed by atoms with van der Waals surface area (Å²) in [5.74, 6) is 0.00581. The predicted octanol–water partition coefficient (Wildman–Crippen LogP) is 1.98. The third-order valence-corrected chi connectivity index (χ3v) is 4.59. The minimum atomic E-state index is -0.203. The number of carbonyl (C=O) groups excluding carboxylic acids is 1. The van der Waals surface area contributed by atoms with Gasteiger partial charge in [-0.3, -0.25) is 14.5 Å². The maximum Gasteiger partial charge on any atom is 0.244 e. The average Bonchev–Trinajstić information content (AvgIpc) is 2.66. The molecule has 1 aliphatic rings. The van der Waals surface area contributed by atoms with Crippen molar-refractivity contribution in [2.75, 3.05) is 38.7 Å². The molecular weight excluding hydrogens is 370 g/mol. The van der Waals surface area contributed by atoms with Crippen LogP contribution in [0.25, 0.3) is 0 Å². The zero-order chi connectivity index (χ0) is 19.2. The Kier molecular flexibility index (Phi) is 6.49. The number of nitrogens with zero attached hydrogens (tertiary/aromatic N) is 2. The zero-order valence-corrected chi connectivity index (χ0v) is 15.9. The van der Waals surface area contributed by atoms with Crippen molar-refractivity contribution in [3.8, 4) is 5.75 Å². The third kappa shape index (κ3) is 5.32. The summed E-state index contributed by atoms with van der Waals surface area (Å²) >= 11 is 5.87. The summed E-state index contributed by atoms with van der Waals surface area (Å²) in [7, 11) is 1.44. The molecule has 0 spiro atoms. The average molecular weight is 392 g/mol. The van der Waals surface area contributed by atoms with Gasteiger partial charge >= 0.3 is 0 Å². The van der Waals surface area contributed by atoms with E-state index in [1.165, 1.54) is 13.2 Å². The minimum absolute atomic E-state index is 0.0684. The van der Waals surface area contributed by atoms with Crippen LogP contribution in [0.4, 0.5) is 5.69 Å². The Morgan fingerprint density at radius 3 is 2.63 bits per heavy atom. The van der Waals surface area contributed by atoms with Crippen LogP contribution in [0.5, 0.6) is 5.75 Å². The number of methoxy groups -OCH3 is 1. The van der Waals surface area contributed by atoms with Crippen molar-refractivity contribution in [3.63, 3.8) is 0 Å². The van der Waals surface area contributed by atoms with Crippen LogP contribution in [-0.4, -0.2) is 48.8 Å². The number of rotatable bonds is 6. The molecule has 1 aliphatic heterocycles. The lowest BCUT2D eigenvalue weighted by molar-refractivity contribution is -0.116. The van der Waals surface area contributed by atoms with Crippen LogP contribution in [0.1, 0.15) is 5.69 Å². The van der Waals surface area contributed by atoms with Crippen molar-refractivity contribution in [2.45, 2.75) is 13.1 Å². The standard InChI is InChI=1S/C19H22ClN3O4/c1-26-18-12-23(13-19(25)21-15-4-2-14(20)3-5-15)16(10-17(18)24)11-22-6-8-27-9-7-22/h2-5,10,12H,6-9,11,13H2,1H3,(H,21,25). The summed E-state index contributed by atoms with van der Waals surface area (Å²) in [5, 5.41) is 3.43. The number of anilines is 1. The Hall–Kier alpha value is -2.35. The molecule has 1 saturated heterocycles. The van der Waals surface area contributed by atoms with Crippen LogP contribution in [0.3, 0.4) is 0 Å². The molecule has 2 aromatic rings. The zero-order valence-electron chi connectivity index (χ0n) is 15.1.